The molecule has 0 radical (unpaired) electrons. The highest BCUT2D eigenvalue weighted by molar-refractivity contribution is 9.09. The van der Waals surface area contributed by atoms with E-state index in [-0.39, 0.29) is 17.7 Å². The second-order valence-electron chi connectivity index (χ2n) is 3.87. The molecular weight excluding hydrogens is 258 g/mol. The zero-order valence-corrected chi connectivity index (χ0v) is 9.79. The molecule has 1 heterocycles. The molecule has 1 N–H and O–H groups in total. The first kappa shape index (κ1) is 10.6. The van der Waals surface area contributed by atoms with Crippen molar-refractivity contribution in [3.8, 4) is 0 Å². The zero-order valence-electron chi connectivity index (χ0n) is 8.20. The summed E-state index contributed by atoms with van der Waals surface area (Å²) in [5.41, 5.74) is -0.625. The number of imide groups is 1. The number of amides is 2. The number of carbonyl (C=O) groups excluding carboxylic acids is 2. The Labute approximate surface area is 96.7 Å². The van der Waals surface area contributed by atoms with Gasteiger partial charge in [-0.25, -0.2) is 0 Å². The molecule has 2 atom stereocenters. The maximum absolute atomic E-state index is 11.8. The van der Waals surface area contributed by atoms with Gasteiger partial charge < -0.3 is 0 Å². The molecule has 2 amide bonds. The third kappa shape index (κ3) is 1.57. The average molecular weight is 270 g/mol. The quantitative estimate of drug-likeness (QED) is 0.624. The largest absolute Gasteiger partial charge is 0.295 e. The molecule has 0 saturated carbocycles. The van der Waals surface area contributed by atoms with Gasteiger partial charge in [-0.05, 0) is 12.8 Å². The molecule has 1 aliphatic carbocycles. The van der Waals surface area contributed by atoms with E-state index in [1.54, 1.807) is 0 Å². The smallest absolute Gasteiger partial charge is 0.237 e. The fraction of sp³-hybridized carbons (Fsp3) is 0.455. The highest BCUT2D eigenvalue weighted by atomic mass is 79.9. The summed E-state index contributed by atoms with van der Waals surface area (Å²) in [5, 5.41) is 3.26. The van der Waals surface area contributed by atoms with Crippen molar-refractivity contribution in [2.75, 3.05) is 5.33 Å². The standard InChI is InChI=1S/C11H12BrNO2/c12-7-3-6-11-5-2-1-4-8(11)9(14)13-10(11)15/h1-2,4-5,8H,3,6-7H2,(H,13,14,15). The first-order chi connectivity index (χ1) is 7.20. The van der Waals surface area contributed by atoms with Gasteiger partial charge in [0.1, 0.15) is 0 Å². The van der Waals surface area contributed by atoms with Gasteiger partial charge in [-0.15, -0.1) is 0 Å². The molecule has 0 aromatic carbocycles. The van der Waals surface area contributed by atoms with E-state index in [1.807, 2.05) is 24.3 Å². The molecule has 4 heteroatoms. The van der Waals surface area contributed by atoms with Crippen LogP contribution >= 0.6 is 15.9 Å². The van der Waals surface area contributed by atoms with E-state index in [1.165, 1.54) is 0 Å². The van der Waals surface area contributed by atoms with E-state index in [9.17, 15) is 9.59 Å². The number of alkyl halides is 1. The van der Waals surface area contributed by atoms with Crippen molar-refractivity contribution in [3.05, 3.63) is 24.3 Å². The highest BCUT2D eigenvalue weighted by Crippen LogP contribution is 2.42. The molecule has 2 unspecified atom stereocenters. The Kier molecular flexibility index (Phi) is 2.78. The van der Waals surface area contributed by atoms with E-state index >= 15 is 0 Å². The molecule has 3 nitrogen and oxygen atoms in total. The topological polar surface area (TPSA) is 46.2 Å². The minimum absolute atomic E-state index is 0.154. The summed E-state index contributed by atoms with van der Waals surface area (Å²) in [4.78, 5) is 23.4. The van der Waals surface area contributed by atoms with Gasteiger partial charge in [0.05, 0.1) is 11.3 Å². The van der Waals surface area contributed by atoms with Crippen LogP contribution < -0.4 is 5.32 Å². The molecule has 1 fully saturated rings. The summed E-state index contributed by atoms with van der Waals surface area (Å²) in [6.07, 6.45) is 8.95. The molecular formula is C11H12BrNO2. The molecule has 0 aromatic heterocycles. The number of nitrogens with one attached hydrogen (secondary N) is 1. The predicted molar refractivity (Wildman–Crippen MR) is 60.4 cm³/mol. The van der Waals surface area contributed by atoms with Gasteiger partial charge >= 0.3 is 0 Å². The lowest BCUT2D eigenvalue weighted by Gasteiger charge is -2.27. The first-order valence-electron chi connectivity index (χ1n) is 4.98. The molecule has 0 spiro atoms. The molecule has 80 valence electrons. The lowest BCUT2D eigenvalue weighted by atomic mass is 9.71. The van der Waals surface area contributed by atoms with Gasteiger partial charge in [0.2, 0.25) is 11.8 Å². The summed E-state index contributed by atoms with van der Waals surface area (Å²) in [7, 11) is 0. The van der Waals surface area contributed by atoms with Crippen LogP contribution in [0.15, 0.2) is 24.3 Å². The van der Waals surface area contributed by atoms with Gasteiger partial charge in [0.25, 0.3) is 0 Å². The molecule has 15 heavy (non-hydrogen) atoms. The van der Waals surface area contributed by atoms with Crippen LogP contribution in [0.25, 0.3) is 0 Å². The fourth-order valence-corrected chi connectivity index (χ4v) is 2.51. The Balaban J connectivity index is 2.31. The van der Waals surface area contributed by atoms with Crippen molar-refractivity contribution >= 4 is 27.7 Å². The highest BCUT2D eigenvalue weighted by Gasteiger charge is 2.52. The van der Waals surface area contributed by atoms with Crippen molar-refractivity contribution in [2.24, 2.45) is 11.3 Å². The minimum atomic E-state index is -0.625. The lowest BCUT2D eigenvalue weighted by molar-refractivity contribution is -0.127. The van der Waals surface area contributed by atoms with Crippen LogP contribution in [0.5, 0.6) is 0 Å². The van der Waals surface area contributed by atoms with Crippen molar-refractivity contribution in [1.29, 1.82) is 0 Å². The van der Waals surface area contributed by atoms with Crippen molar-refractivity contribution in [1.82, 2.24) is 5.32 Å². The Bertz CT molecular complexity index is 362. The molecule has 1 saturated heterocycles. The van der Waals surface area contributed by atoms with E-state index in [0.717, 1.165) is 11.8 Å². The van der Waals surface area contributed by atoms with Gasteiger partial charge in [-0.2, -0.15) is 0 Å². The third-order valence-corrected chi connectivity index (χ3v) is 3.59. The monoisotopic (exact) mass is 269 g/mol. The van der Waals surface area contributed by atoms with Gasteiger partial charge in [0, 0.05) is 5.33 Å². The van der Waals surface area contributed by atoms with Crippen molar-refractivity contribution in [3.63, 3.8) is 0 Å². The van der Waals surface area contributed by atoms with Crippen LogP contribution in [-0.2, 0) is 9.59 Å². The number of hydrogen-bond acceptors (Lipinski definition) is 2. The van der Waals surface area contributed by atoms with E-state index in [2.05, 4.69) is 21.2 Å². The summed E-state index contributed by atoms with van der Waals surface area (Å²) in [5.74, 6) is -0.636. The molecule has 0 bridgehead atoms. The number of carbonyl (C=O) groups is 2. The predicted octanol–water partition coefficient (Wildman–Crippen LogP) is 1.55. The zero-order chi connectivity index (χ0) is 10.9. The van der Waals surface area contributed by atoms with Crippen molar-refractivity contribution < 1.29 is 9.59 Å². The van der Waals surface area contributed by atoms with Crippen LogP contribution in [0.2, 0.25) is 0 Å². The number of fused-ring (bicyclic) bond motifs is 1. The number of rotatable bonds is 3. The summed E-state index contributed by atoms with van der Waals surface area (Å²) >= 11 is 3.35. The normalized spacial score (nSPS) is 33.0. The second-order valence-corrected chi connectivity index (χ2v) is 4.67. The number of halogens is 1. The summed E-state index contributed by atoms with van der Waals surface area (Å²) in [6.45, 7) is 0. The SMILES string of the molecule is O=C1NC(=O)C2(CCCBr)C=CC=CC12. The maximum Gasteiger partial charge on any atom is 0.237 e. The molecule has 1 aliphatic heterocycles. The van der Waals surface area contributed by atoms with Crippen LogP contribution in [0.1, 0.15) is 12.8 Å². The average Bonchev–Trinajstić information content (AvgIpc) is 2.50. The van der Waals surface area contributed by atoms with Gasteiger partial charge in [-0.3, -0.25) is 14.9 Å². The Morgan fingerprint density at radius 2 is 2.20 bits per heavy atom. The summed E-state index contributed by atoms with van der Waals surface area (Å²) in [6, 6.07) is 0. The molecule has 0 aromatic rings. The Morgan fingerprint density at radius 1 is 1.40 bits per heavy atom. The van der Waals surface area contributed by atoms with Crippen molar-refractivity contribution in [2.45, 2.75) is 12.8 Å². The fourth-order valence-electron chi connectivity index (χ4n) is 2.23. The Hall–Kier alpha value is -0.900. The van der Waals surface area contributed by atoms with E-state index in [4.69, 9.17) is 0 Å². The van der Waals surface area contributed by atoms with Crippen LogP contribution in [0.4, 0.5) is 0 Å². The number of hydrogen-bond donors (Lipinski definition) is 1. The number of allylic oxidation sites excluding steroid dienone is 2. The van der Waals surface area contributed by atoms with Crippen LogP contribution in [0, 0.1) is 11.3 Å². The lowest BCUT2D eigenvalue weighted by Crippen LogP contribution is -2.33. The minimum Gasteiger partial charge on any atom is -0.295 e. The van der Waals surface area contributed by atoms with Crippen LogP contribution in [0.3, 0.4) is 0 Å². The van der Waals surface area contributed by atoms with Gasteiger partial charge in [-0.1, -0.05) is 40.2 Å². The van der Waals surface area contributed by atoms with E-state index in [0.29, 0.717) is 6.42 Å². The Morgan fingerprint density at radius 3 is 2.93 bits per heavy atom. The van der Waals surface area contributed by atoms with Crippen LogP contribution in [-0.4, -0.2) is 17.1 Å². The molecule has 2 aliphatic rings. The first-order valence-corrected chi connectivity index (χ1v) is 6.10. The second kappa shape index (κ2) is 3.93. The van der Waals surface area contributed by atoms with Gasteiger partial charge in [0.15, 0.2) is 0 Å². The molecule has 2 rings (SSSR count). The third-order valence-electron chi connectivity index (χ3n) is 3.03. The van der Waals surface area contributed by atoms with E-state index < -0.39 is 5.41 Å². The summed E-state index contributed by atoms with van der Waals surface area (Å²) < 4.78 is 0. The maximum atomic E-state index is 11.8.